The molecule has 134 valence electrons. The fourth-order valence-electron chi connectivity index (χ4n) is 3.59. The minimum absolute atomic E-state index is 0.139. The lowest BCUT2D eigenvalue weighted by Crippen LogP contribution is -2.39. The predicted molar refractivity (Wildman–Crippen MR) is 105 cm³/mol. The molecule has 0 bridgehead atoms. The van der Waals surface area contributed by atoms with Gasteiger partial charge in [-0.1, -0.05) is 91.0 Å². The fraction of sp³-hybridized carbons (Fsp3) is 0.130. The first-order valence-corrected chi connectivity index (χ1v) is 8.97. The van der Waals surface area contributed by atoms with Crippen LogP contribution in [0.15, 0.2) is 91.0 Å². The summed E-state index contributed by atoms with van der Waals surface area (Å²) < 4.78 is 0. The summed E-state index contributed by atoms with van der Waals surface area (Å²) in [5.41, 5.74) is 3.75. The van der Waals surface area contributed by atoms with Gasteiger partial charge in [0.25, 0.3) is 0 Å². The molecule has 3 aromatic carbocycles. The molecule has 0 unspecified atom stereocenters. The number of hydrogen-bond donors (Lipinski definition) is 1. The molecule has 0 aliphatic heterocycles. The van der Waals surface area contributed by atoms with Gasteiger partial charge in [0.1, 0.15) is 5.69 Å². The van der Waals surface area contributed by atoms with Crippen LogP contribution < -0.4 is 0 Å². The Morgan fingerprint density at radius 2 is 1.11 bits per heavy atom. The third-order valence-electron chi connectivity index (χ3n) is 4.90. The predicted octanol–water partition coefficient (Wildman–Crippen LogP) is 3.92. The lowest BCUT2D eigenvalue weighted by molar-refractivity contribution is 0.272. The SMILES string of the molecule is Cc1nn(C(c2ccccc2)(c2ccccc2)c2ccccc2)nc1CO. The Morgan fingerprint density at radius 3 is 1.44 bits per heavy atom. The second-order valence-corrected chi connectivity index (χ2v) is 6.49. The van der Waals surface area contributed by atoms with Crippen molar-refractivity contribution in [2.75, 3.05) is 0 Å². The van der Waals surface area contributed by atoms with Crippen LogP contribution in [-0.4, -0.2) is 20.1 Å². The third-order valence-corrected chi connectivity index (χ3v) is 4.90. The molecule has 0 aliphatic carbocycles. The molecule has 1 heterocycles. The summed E-state index contributed by atoms with van der Waals surface area (Å²) in [6.07, 6.45) is 0. The lowest BCUT2D eigenvalue weighted by Gasteiger charge is -2.34. The molecule has 0 fully saturated rings. The molecule has 1 N–H and O–H groups in total. The molecule has 0 aliphatic rings. The van der Waals surface area contributed by atoms with Gasteiger partial charge in [0.05, 0.1) is 12.3 Å². The van der Waals surface area contributed by atoms with Crippen molar-refractivity contribution >= 4 is 0 Å². The van der Waals surface area contributed by atoms with Crippen molar-refractivity contribution in [2.45, 2.75) is 19.1 Å². The number of benzene rings is 3. The Labute approximate surface area is 158 Å². The Balaban J connectivity index is 2.12. The minimum atomic E-state index is -0.734. The number of aromatic nitrogens is 3. The summed E-state index contributed by atoms with van der Waals surface area (Å²) in [6.45, 7) is 1.74. The van der Waals surface area contributed by atoms with Gasteiger partial charge in [0, 0.05) is 0 Å². The topological polar surface area (TPSA) is 50.9 Å². The number of aliphatic hydroxyl groups excluding tert-OH is 1. The average molecular weight is 355 g/mol. The van der Waals surface area contributed by atoms with Crippen molar-refractivity contribution in [3.05, 3.63) is 119 Å². The second-order valence-electron chi connectivity index (χ2n) is 6.49. The number of aliphatic hydroxyl groups is 1. The second kappa shape index (κ2) is 7.17. The molecule has 4 rings (SSSR count). The number of hydrogen-bond acceptors (Lipinski definition) is 3. The van der Waals surface area contributed by atoms with Crippen LogP contribution in [0.5, 0.6) is 0 Å². The Kier molecular flexibility index (Phi) is 4.57. The van der Waals surface area contributed by atoms with Crippen LogP contribution in [-0.2, 0) is 12.1 Å². The van der Waals surface area contributed by atoms with Gasteiger partial charge in [-0.05, 0) is 23.6 Å². The van der Waals surface area contributed by atoms with Gasteiger partial charge in [0.15, 0.2) is 5.54 Å². The zero-order valence-corrected chi connectivity index (χ0v) is 15.2. The van der Waals surface area contributed by atoms with Crippen molar-refractivity contribution in [1.29, 1.82) is 0 Å². The van der Waals surface area contributed by atoms with E-state index in [1.54, 1.807) is 4.80 Å². The third kappa shape index (κ3) is 2.84. The van der Waals surface area contributed by atoms with E-state index < -0.39 is 5.54 Å². The molecule has 0 saturated carbocycles. The lowest BCUT2D eigenvalue weighted by atomic mass is 9.77. The number of nitrogens with zero attached hydrogens (tertiary/aromatic N) is 3. The van der Waals surface area contributed by atoms with Crippen molar-refractivity contribution in [3.8, 4) is 0 Å². The molecular weight excluding hydrogens is 334 g/mol. The minimum Gasteiger partial charge on any atom is -0.390 e. The maximum atomic E-state index is 9.69. The van der Waals surface area contributed by atoms with Crippen molar-refractivity contribution in [1.82, 2.24) is 15.0 Å². The fourth-order valence-corrected chi connectivity index (χ4v) is 3.59. The first kappa shape index (κ1) is 17.2. The Hall–Kier alpha value is -3.24. The summed E-state index contributed by atoms with van der Waals surface area (Å²) in [5, 5.41) is 19.1. The number of aryl methyl sites for hydroxylation is 1. The zero-order valence-electron chi connectivity index (χ0n) is 15.2. The summed E-state index contributed by atoms with van der Waals surface area (Å²) >= 11 is 0. The first-order valence-electron chi connectivity index (χ1n) is 8.97. The van der Waals surface area contributed by atoms with E-state index >= 15 is 0 Å². The molecule has 4 heteroatoms. The standard InChI is InChI=1S/C23H21N3O/c1-18-22(17-27)25-26(24-18)23(19-11-5-2-6-12-19,20-13-7-3-8-14-20)21-15-9-4-10-16-21/h2-16,27H,17H2,1H3. The van der Waals surface area contributed by atoms with Crippen molar-refractivity contribution < 1.29 is 5.11 Å². The van der Waals surface area contributed by atoms with E-state index in [-0.39, 0.29) is 6.61 Å². The van der Waals surface area contributed by atoms with E-state index in [4.69, 9.17) is 5.10 Å². The van der Waals surface area contributed by atoms with Gasteiger partial charge >= 0.3 is 0 Å². The summed E-state index contributed by atoms with van der Waals surface area (Å²) in [7, 11) is 0. The highest BCUT2D eigenvalue weighted by Gasteiger charge is 2.40. The summed E-state index contributed by atoms with van der Waals surface area (Å²) in [6, 6.07) is 30.7. The van der Waals surface area contributed by atoms with Crippen molar-refractivity contribution in [2.24, 2.45) is 0 Å². The zero-order chi connectivity index (χ0) is 18.7. The highest BCUT2D eigenvalue weighted by molar-refractivity contribution is 5.49. The maximum Gasteiger partial charge on any atom is 0.157 e. The van der Waals surface area contributed by atoms with E-state index in [9.17, 15) is 5.11 Å². The van der Waals surface area contributed by atoms with Crippen LogP contribution in [0.3, 0.4) is 0 Å². The van der Waals surface area contributed by atoms with E-state index in [1.165, 1.54) is 0 Å². The van der Waals surface area contributed by atoms with Crippen LogP contribution in [0.4, 0.5) is 0 Å². The van der Waals surface area contributed by atoms with Gasteiger partial charge < -0.3 is 5.11 Å². The van der Waals surface area contributed by atoms with E-state index in [1.807, 2.05) is 61.5 Å². The quantitative estimate of drug-likeness (QED) is 0.552. The Bertz CT molecular complexity index is 915. The molecule has 4 aromatic rings. The van der Waals surface area contributed by atoms with Crippen LogP contribution in [0.2, 0.25) is 0 Å². The van der Waals surface area contributed by atoms with Crippen molar-refractivity contribution in [3.63, 3.8) is 0 Å². The molecule has 0 atom stereocenters. The molecule has 0 spiro atoms. The first-order chi connectivity index (χ1) is 13.3. The van der Waals surface area contributed by atoms with Gasteiger partial charge in [-0.2, -0.15) is 15.0 Å². The van der Waals surface area contributed by atoms with Crippen LogP contribution >= 0.6 is 0 Å². The molecule has 27 heavy (non-hydrogen) atoms. The summed E-state index contributed by atoms with van der Waals surface area (Å²) in [4.78, 5) is 1.74. The average Bonchev–Trinajstić information content (AvgIpc) is 3.12. The Morgan fingerprint density at radius 1 is 0.704 bits per heavy atom. The molecule has 4 nitrogen and oxygen atoms in total. The van der Waals surface area contributed by atoms with Gasteiger partial charge in [-0.15, -0.1) is 0 Å². The largest absolute Gasteiger partial charge is 0.390 e. The van der Waals surface area contributed by atoms with Gasteiger partial charge in [0.2, 0.25) is 0 Å². The number of rotatable bonds is 5. The molecule has 0 radical (unpaired) electrons. The highest BCUT2D eigenvalue weighted by Crippen LogP contribution is 2.39. The molecule has 1 aromatic heterocycles. The maximum absolute atomic E-state index is 9.69. The van der Waals surface area contributed by atoms with Gasteiger partial charge in [-0.25, -0.2) is 0 Å². The van der Waals surface area contributed by atoms with Crippen LogP contribution in [0, 0.1) is 6.92 Å². The molecular formula is C23H21N3O. The summed E-state index contributed by atoms with van der Waals surface area (Å²) in [5.74, 6) is 0. The van der Waals surface area contributed by atoms with E-state index in [0.717, 1.165) is 22.4 Å². The highest BCUT2D eigenvalue weighted by atomic mass is 16.3. The monoisotopic (exact) mass is 355 g/mol. The molecule has 0 amide bonds. The molecule has 0 saturated heterocycles. The van der Waals surface area contributed by atoms with Gasteiger partial charge in [-0.3, -0.25) is 0 Å². The van der Waals surface area contributed by atoms with E-state index in [2.05, 4.69) is 41.5 Å². The van der Waals surface area contributed by atoms with E-state index in [0.29, 0.717) is 5.69 Å². The van der Waals surface area contributed by atoms with Crippen LogP contribution in [0.25, 0.3) is 0 Å². The normalized spacial score (nSPS) is 11.5. The van der Waals surface area contributed by atoms with Crippen LogP contribution in [0.1, 0.15) is 28.1 Å². The smallest absolute Gasteiger partial charge is 0.157 e.